The maximum atomic E-state index is 9.21. The normalized spacial score (nSPS) is 10.7. The Labute approximate surface area is 118 Å². The van der Waals surface area contributed by atoms with Gasteiger partial charge in [0.25, 0.3) is 0 Å². The molecule has 1 heterocycles. The van der Waals surface area contributed by atoms with Gasteiger partial charge >= 0.3 is 0 Å². The van der Waals surface area contributed by atoms with E-state index in [1.165, 1.54) is 11.1 Å². The van der Waals surface area contributed by atoms with Crippen LogP contribution >= 0.6 is 0 Å². The molecule has 0 N–H and O–H groups in total. The average Bonchev–Trinajstić information content (AvgIpc) is 2.79. The number of benzene rings is 2. The first kappa shape index (κ1) is 12.4. The molecule has 0 atom stereocenters. The van der Waals surface area contributed by atoms with Crippen molar-refractivity contribution >= 4 is 11.0 Å². The molecule has 0 unspecified atom stereocenters. The first-order chi connectivity index (χ1) is 9.63. The molecular weight excluding hydrogens is 246 g/mol. The fourth-order valence-corrected chi connectivity index (χ4v) is 2.54. The lowest BCUT2D eigenvalue weighted by atomic mass is 10.0. The molecule has 0 bridgehead atoms. The number of hydrogen-bond donors (Lipinski definition) is 0. The van der Waals surface area contributed by atoms with E-state index in [0.717, 1.165) is 22.4 Å². The molecule has 3 nitrogen and oxygen atoms in total. The van der Waals surface area contributed by atoms with Gasteiger partial charge in [-0.25, -0.2) is 4.98 Å². The van der Waals surface area contributed by atoms with Gasteiger partial charge in [0.2, 0.25) is 0 Å². The van der Waals surface area contributed by atoms with Crippen molar-refractivity contribution in [2.24, 2.45) is 7.05 Å². The Bertz CT molecular complexity index is 851. The minimum Gasteiger partial charge on any atom is -0.327 e. The summed E-state index contributed by atoms with van der Waals surface area (Å²) in [5.41, 5.74) is 5.97. The van der Waals surface area contributed by atoms with Gasteiger partial charge in [-0.05, 0) is 37.1 Å². The van der Waals surface area contributed by atoms with Crippen LogP contribution in [0.4, 0.5) is 0 Å². The Hall–Kier alpha value is -2.60. The van der Waals surface area contributed by atoms with Crippen molar-refractivity contribution in [3.63, 3.8) is 0 Å². The molecule has 1 aromatic heterocycles. The number of rotatable bonds is 1. The summed E-state index contributed by atoms with van der Waals surface area (Å²) in [5.74, 6) is 0.906. The fourth-order valence-electron chi connectivity index (χ4n) is 2.54. The van der Waals surface area contributed by atoms with Crippen LogP contribution in [0.25, 0.3) is 22.4 Å². The highest BCUT2D eigenvalue weighted by Crippen LogP contribution is 2.28. The van der Waals surface area contributed by atoms with E-state index in [1.807, 2.05) is 31.3 Å². The Morgan fingerprint density at radius 1 is 1.10 bits per heavy atom. The van der Waals surface area contributed by atoms with E-state index >= 15 is 0 Å². The lowest BCUT2D eigenvalue weighted by molar-refractivity contribution is 0.957. The molecule has 3 aromatic rings. The minimum atomic E-state index is 0.620. The number of nitrogens with zero attached hydrogens (tertiary/aromatic N) is 3. The van der Waals surface area contributed by atoms with Crippen LogP contribution in [0.2, 0.25) is 0 Å². The summed E-state index contributed by atoms with van der Waals surface area (Å²) in [6, 6.07) is 14.1. The van der Waals surface area contributed by atoms with Crippen LogP contribution in [0.5, 0.6) is 0 Å². The lowest BCUT2D eigenvalue weighted by Crippen LogP contribution is -1.95. The molecule has 0 spiro atoms. The van der Waals surface area contributed by atoms with Crippen molar-refractivity contribution in [1.29, 1.82) is 5.26 Å². The smallest absolute Gasteiger partial charge is 0.141 e. The summed E-state index contributed by atoms with van der Waals surface area (Å²) in [6.45, 7) is 4.21. The first-order valence-corrected chi connectivity index (χ1v) is 6.55. The fraction of sp³-hybridized carbons (Fsp3) is 0.176. The van der Waals surface area contributed by atoms with E-state index in [0.29, 0.717) is 5.56 Å². The zero-order chi connectivity index (χ0) is 14.3. The van der Waals surface area contributed by atoms with Gasteiger partial charge in [0.1, 0.15) is 17.4 Å². The third kappa shape index (κ3) is 1.70. The van der Waals surface area contributed by atoms with Gasteiger partial charge in [-0.3, -0.25) is 0 Å². The van der Waals surface area contributed by atoms with Crippen LogP contribution < -0.4 is 0 Å². The third-order valence-electron chi connectivity index (χ3n) is 3.88. The molecule has 0 aliphatic carbocycles. The highest BCUT2D eigenvalue weighted by atomic mass is 15.1. The van der Waals surface area contributed by atoms with Crippen LogP contribution in [-0.4, -0.2) is 9.55 Å². The number of imidazole rings is 1. The highest BCUT2D eigenvalue weighted by molar-refractivity contribution is 5.86. The molecule has 3 rings (SSSR count). The molecule has 0 fully saturated rings. The second-order valence-corrected chi connectivity index (χ2v) is 5.03. The van der Waals surface area contributed by atoms with E-state index < -0.39 is 0 Å². The number of fused-ring (bicyclic) bond motifs is 1. The van der Waals surface area contributed by atoms with E-state index in [4.69, 9.17) is 4.98 Å². The molecule has 0 amide bonds. The topological polar surface area (TPSA) is 41.6 Å². The zero-order valence-electron chi connectivity index (χ0n) is 11.8. The summed E-state index contributed by atoms with van der Waals surface area (Å²) < 4.78 is 2.05. The highest BCUT2D eigenvalue weighted by Gasteiger charge is 2.14. The van der Waals surface area contributed by atoms with Crippen LogP contribution in [0.15, 0.2) is 36.4 Å². The Kier molecular flexibility index (Phi) is 2.80. The SMILES string of the molecule is Cc1cccc(-c2nc3c(C#N)cccc3n2C)c1C. The summed E-state index contributed by atoms with van der Waals surface area (Å²) in [7, 11) is 1.99. The van der Waals surface area contributed by atoms with Gasteiger partial charge < -0.3 is 4.57 Å². The predicted molar refractivity (Wildman–Crippen MR) is 80.3 cm³/mol. The van der Waals surface area contributed by atoms with Gasteiger partial charge in [-0.2, -0.15) is 5.26 Å². The second-order valence-electron chi connectivity index (χ2n) is 5.03. The standard InChI is InChI=1S/C17H15N3/c1-11-6-4-8-14(12(11)2)17-19-16-13(10-18)7-5-9-15(16)20(17)3/h4-9H,1-3H3. The first-order valence-electron chi connectivity index (χ1n) is 6.55. The Morgan fingerprint density at radius 2 is 1.85 bits per heavy atom. The largest absolute Gasteiger partial charge is 0.327 e. The number of aryl methyl sites for hydroxylation is 2. The van der Waals surface area contributed by atoms with E-state index in [1.54, 1.807) is 0 Å². The van der Waals surface area contributed by atoms with E-state index in [2.05, 4.69) is 36.6 Å². The van der Waals surface area contributed by atoms with Crippen molar-refractivity contribution < 1.29 is 0 Å². The summed E-state index contributed by atoms with van der Waals surface area (Å²) in [6.07, 6.45) is 0. The Morgan fingerprint density at radius 3 is 2.60 bits per heavy atom. The maximum absolute atomic E-state index is 9.21. The van der Waals surface area contributed by atoms with E-state index in [9.17, 15) is 5.26 Å². The molecule has 0 radical (unpaired) electrons. The van der Waals surface area contributed by atoms with Gasteiger partial charge in [0, 0.05) is 12.6 Å². The molecule has 98 valence electrons. The van der Waals surface area contributed by atoms with Crippen molar-refractivity contribution in [3.8, 4) is 17.5 Å². The number of nitriles is 1. The number of hydrogen-bond acceptors (Lipinski definition) is 2. The molecule has 0 saturated heterocycles. The van der Waals surface area contributed by atoms with Crippen LogP contribution in [0.3, 0.4) is 0 Å². The maximum Gasteiger partial charge on any atom is 0.141 e. The Balaban J connectivity index is 2.36. The molecule has 20 heavy (non-hydrogen) atoms. The molecule has 0 saturated carbocycles. The van der Waals surface area contributed by atoms with Crippen molar-refractivity contribution in [2.45, 2.75) is 13.8 Å². The zero-order valence-corrected chi connectivity index (χ0v) is 11.8. The number of para-hydroxylation sites is 1. The molecule has 2 aromatic carbocycles. The predicted octanol–water partition coefficient (Wildman–Crippen LogP) is 3.73. The molecule has 0 aliphatic heterocycles. The molecular formula is C17H15N3. The molecule has 0 aliphatic rings. The average molecular weight is 261 g/mol. The summed E-state index contributed by atoms with van der Waals surface area (Å²) >= 11 is 0. The van der Waals surface area contributed by atoms with Gasteiger partial charge in [0.15, 0.2) is 0 Å². The monoisotopic (exact) mass is 261 g/mol. The lowest BCUT2D eigenvalue weighted by Gasteiger charge is -2.08. The van der Waals surface area contributed by atoms with Crippen molar-refractivity contribution in [1.82, 2.24) is 9.55 Å². The van der Waals surface area contributed by atoms with Crippen LogP contribution in [0, 0.1) is 25.2 Å². The quantitative estimate of drug-likeness (QED) is 0.669. The summed E-state index contributed by atoms with van der Waals surface area (Å²) in [4.78, 5) is 4.70. The molecule has 3 heteroatoms. The van der Waals surface area contributed by atoms with Gasteiger partial charge in [0.05, 0.1) is 11.1 Å². The van der Waals surface area contributed by atoms with Crippen molar-refractivity contribution in [3.05, 3.63) is 53.1 Å². The van der Waals surface area contributed by atoms with Crippen LogP contribution in [-0.2, 0) is 7.05 Å². The number of aromatic nitrogens is 2. The minimum absolute atomic E-state index is 0.620. The second kappa shape index (κ2) is 4.50. The van der Waals surface area contributed by atoms with Crippen LogP contribution in [0.1, 0.15) is 16.7 Å². The van der Waals surface area contributed by atoms with Crippen molar-refractivity contribution in [2.75, 3.05) is 0 Å². The van der Waals surface area contributed by atoms with Gasteiger partial charge in [-0.1, -0.05) is 24.3 Å². The van der Waals surface area contributed by atoms with Gasteiger partial charge in [-0.15, -0.1) is 0 Å². The summed E-state index contributed by atoms with van der Waals surface area (Å²) in [5, 5.41) is 9.21. The van der Waals surface area contributed by atoms with E-state index in [-0.39, 0.29) is 0 Å². The third-order valence-corrected chi connectivity index (χ3v) is 3.88.